The second-order valence-corrected chi connectivity index (χ2v) is 8.66. The van der Waals surface area contributed by atoms with Crippen molar-refractivity contribution in [1.29, 1.82) is 0 Å². The van der Waals surface area contributed by atoms with Gasteiger partial charge in [-0.15, -0.1) is 0 Å². The van der Waals surface area contributed by atoms with Gasteiger partial charge in [0.1, 0.15) is 11.3 Å². The lowest BCUT2D eigenvalue weighted by atomic mass is 9.94. The average molecular weight is 455 g/mol. The SMILES string of the molecule is COc1ccccc1CN1C(=O)c2nc3ccccc3n2C[C@@]1(C)C(=O)NCc1ccccc1. The molecule has 0 bridgehead atoms. The predicted molar refractivity (Wildman–Crippen MR) is 129 cm³/mol. The van der Waals surface area contributed by atoms with Crippen molar-refractivity contribution in [3.63, 3.8) is 0 Å². The van der Waals surface area contributed by atoms with Gasteiger partial charge in [-0.1, -0.05) is 60.7 Å². The summed E-state index contributed by atoms with van der Waals surface area (Å²) in [6.45, 7) is 2.72. The van der Waals surface area contributed by atoms with Crippen molar-refractivity contribution >= 4 is 22.8 Å². The number of imidazole rings is 1. The molecule has 172 valence electrons. The summed E-state index contributed by atoms with van der Waals surface area (Å²) in [7, 11) is 1.60. The van der Waals surface area contributed by atoms with Crippen molar-refractivity contribution < 1.29 is 14.3 Å². The largest absolute Gasteiger partial charge is 0.496 e. The number of aromatic nitrogens is 2. The standard InChI is InChI=1S/C27H26N4O3/c1-27(26(33)28-16-19-10-4-3-5-11-19)18-30-22-14-8-7-13-21(22)29-24(30)25(32)31(27)17-20-12-6-9-15-23(20)34-2/h3-15H,16-18H2,1-2H3,(H,28,33)/t27-/m0/s1. The van der Waals surface area contributed by atoms with Crippen LogP contribution in [0, 0.1) is 0 Å². The molecule has 1 aliphatic heterocycles. The van der Waals surface area contributed by atoms with Crippen LogP contribution in [0.25, 0.3) is 11.0 Å². The van der Waals surface area contributed by atoms with E-state index in [-0.39, 0.29) is 18.4 Å². The molecule has 34 heavy (non-hydrogen) atoms. The Kier molecular flexibility index (Phi) is 5.53. The number of nitrogens with zero attached hydrogens (tertiary/aromatic N) is 3. The number of para-hydroxylation sites is 3. The third-order valence-corrected chi connectivity index (χ3v) is 6.46. The van der Waals surface area contributed by atoms with Crippen LogP contribution in [-0.4, -0.2) is 38.9 Å². The summed E-state index contributed by atoms with van der Waals surface area (Å²) in [6.07, 6.45) is 0. The second kappa shape index (κ2) is 8.67. The number of benzene rings is 3. The van der Waals surface area contributed by atoms with E-state index in [0.29, 0.717) is 24.7 Å². The minimum atomic E-state index is -1.14. The topological polar surface area (TPSA) is 76.5 Å². The molecule has 1 aromatic heterocycles. The van der Waals surface area contributed by atoms with Gasteiger partial charge in [-0.2, -0.15) is 0 Å². The summed E-state index contributed by atoms with van der Waals surface area (Å²) in [4.78, 5) is 33.7. The number of carbonyl (C=O) groups excluding carboxylic acids is 2. The monoisotopic (exact) mass is 454 g/mol. The van der Waals surface area contributed by atoms with Gasteiger partial charge >= 0.3 is 0 Å². The maximum Gasteiger partial charge on any atom is 0.291 e. The van der Waals surface area contributed by atoms with Crippen molar-refractivity contribution in [1.82, 2.24) is 19.8 Å². The molecule has 2 amide bonds. The lowest BCUT2D eigenvalue weighted by Crippen LogP contribution is -2.63. The number of carbonyl (C=O) groups is 2. The number of fused-ring (bicyclic) bond motifs is 3. The number of rotatable bonds is 6. The fourth-order valence-corrected chi connectivity index (χ4v) is 4.55. The fourth-order valence-electron chi connectivity index (χ4n) is 4.55. The van der Waals surface area contributed by atoms with Crippen molar-refractivity contribution in [2.75, 3.05) is 7.11 Å². The van der Waals surface area contributed by atoms with Crippen molar-refractivity contribution in [2.24, 2.45) is 0 Å². The Morgan fingerprint density at radius 1 is 1.03 bits per heavy atom. The minimum absolute atomic E-state index is 0.219. The Hall–Kier alpha value is -4.13. The van der Waals surface area contributed by atoms with E-state index in [2.05, 4.69) is 10.3 Å². The molecule has 0 saturated carbocycles. The van der Waals surface area contributed by atoms with Crippen LogP contribution in [0.15, 0.2) is 78.9 Å². The Labute approximate surface area is 198 Å². The van der Waals surface area contributed by atoms with E-state index in [1.54, 1.807) is 12.0 Å². The molecule has 0 radical (unpaired) electrons. The van der Waals surface area contributed by atoms with Crippen LogP contribution in [0.5, 0.6) is 5.75 Å². The van der Waals surface area contributed by atoms with E-state index in [0.717, 1.165) is 22.2 Å². The third kappa shape index (κ3) is 3.69. The Bertz CT molecular complexity index is 1360. The van der Waals surface area contributed by atoms with Crippen LogP contribution < -0.4 is 10.1 Å². The van der Waals surface area contributed by atoms with Gasteiger partial charge in [0.05, 0.1) is 31.2 Å². The molecule has 0 saturated heterocycles. The molecule has 0 aliphatic carbocycles. The molecule has 5 rings (SSSR count). The van der Waals surface area contributed by atoms with Crippen LogP contribution in [-0.2, 0) is 24.4 Å². The molecule has 4 aromatic rings. The number of methoxy groups -OCH3 is 1. The number of ether oxygens (including phenoxy) is 1. The van der Waals surface area contributed by atoms with E-state index in [9.17, 15) is 9.59 Å². The number of nitrogens with one attached hydrogen (secondary N) is 1. The maximum atomic E-state index is 13.8. The molecule has 0 spiro atoms. The first-order chi connectivity index (χ1) is 16.5. The van der Waals surface area contributed by atoms with Gasteiger partial charge < -0.3 is 19.5 Å². The maximum absolute atomic E-state index is 13.8. The molecule has 3 aromatic carbocycles. The first-order valence-electron chi connectivity index (χ1n) is 11.2. The Morgan fingerprint density at radius 3 is 2.53 bits per heavy atom. The minimum Gasteiger partial charge on any atom is -0.496 e. The van der Waals surface area contributed by atoms with Crippen LogP contribution in [0.2, 0.25) is 0 Å². The predicted octanol–water partition coefficient (Wildman–Crippen LogP) is 3.78. The molecule has 0 unspecified atom stereocenters. The number of amides is 2. The van der Waals surface area contributed by atoms with Crippen molar-refractivity contribution in [3.05, 3.63) is 95.8 Å². The van der Waals surface area contributed by atoms with Crippen molar-refractivity contribution in [3.8, 4) is 5.75 Å². The second-order valence-electron chi connectivity index (χ2n) is 8.66. The van der Waals surface area contributed by atoms with Gasteiger partial charge in [0.2, 0.25) is 5.91 Å². The molecule has 1 aliphatic rings. The molecular formula is C27H26N4O3. The van der Waals surface area contributed by atoms with E-state index >= 15 is 0 Å². The van der Waals surface area contributed by atoms with Gasteiger partial charge in [-0.05, 0) is 30.7 Å². The smallest absolute Gasteiger partial charge is 0.291 e. The van der Waals surface area contributed by atoms with E-state index in [1.807, 2.05) is 90.4 Å². The highest BCUT2D eigenvalue weighted by molar-refractivity contribution is 6.01. The van der Waals surface area contributed by atoms with E-state index in [4.69, 9.17) is 4.74 Å². The summed E-state index contributed by atoms with van der Waals surface area (Å²) in [5, 5.41) is 3.05. The number of hydrogen-bond acceptors (Lipinski definition) is 4. The molecule has 7 nitrogen and oxygen atoms in total. The molecule has 0 fully saturated rings. The lowest BCUT2D eigenvalue weighted by molar-refractivity contribution is -0.133. The summed E-state index contributed by atoms with van der Waals surface area (Å²) in [5.41, 5.74) is 2.25. The van der Waals surface area contributed by atoms with Gasteiger partial charge in [0, 0.05) is 12.1 Å². The third-order valence-electron chi connectivity index (χ3n) is 6.46. The Balaban J connectivity index is 1.55. The normalized spacial score (nSPS) is 17.5. The van der Waals surface area contributed by atoms with Gasteiger partial charge in [-0.25, -0.2) is 4.98 Å². The highest BCUT2D eigenvalue weighted by Gasteiger charge is 2.48. The zero-order valence-electron chi connectivity index (χ0n) is 19.2. The van der Waals surface area contributed by atoms with Crippen LogP contribution >= 0.6 is 0 Å². The summed E-state index contributed by atoms with van der Waals surface area (Å²) < 4.78 is 7.37. The molecule has 7 heteroatoms. The molecule has 1 atom stereocenters. The summed E-state index contributed by atoms with van der Waals surface area (Å²) in [6, 6.07) is 24.9. The van der Waals surface area contributed by atoms with Gasteiger partial charge in [0.25, 0.3) is 5.91 Å². The summed E-state index contributed by atoms with van der Waals surface area (Å²) >= 11 is 0. The fraction of sp³-hybridized carbons (Fsp3) is 0.222. The van der Waals surface area contributed by atoms with Gasteiger partial charge in [-0.3, -0.25) is 9.59 Å². The van der Waals surface area contributed by atoms with E-state index in [1.165, 1.54) is 0 Å². The lowest BCUT2D eigenvalue weighted by Gasteiger charge is -2.43. The van der Waals surface area contributed by atoms with Crippen molar-refractivity contribution in [2.45, 2.75) is 32.1 Å². The van der Waals surface area contributed by atoms with Crippen LogP contribution in [0.1, 0.15) is 28.7 Å². The zero-order valence-corrected chi connectivity index (χ0v) is 19.2. The quantitative estimate of drug-likeness (QED) is 0.481. The molecule has 2 heterocycles. The zero-order chi connectivity index (χ0) is 23.7. The molecular weight excluding hydrogens is 428 g/mol. The molecule has 1 N–H and O–H groups in total. The number of hydrogen-bond donors (Lipinski definition) is 1. The van der Waals surface area contributed by atoms with Gasteiger partial charge in [0.15, 0.2) is 5.82 Å². The van der Waals surface area contributed by atoms with Crippen LogP contribution in [0.3, 0.4) is 0 Å². The first-order valence-corrected chi connectivity index (χ1v) is 11.2. The summed E-state index contributed by atoms with van der Waals surface area (Å²) in [5.74, 6) is 0.500. The van der Waals surface area contributed by atoms with Crippen LogP contribution in [0.4, 0.5) is 0 Å². The Morgan fingerprint density at radius 2 is 1.74 bits per heavy atom. The highest BCUT2D eigenvalue weighted by atomic mass is 16.5. The average Bonchev–Trinajstić information content (AvgIpc) is 3.24. The first kappa shape index (κ1) is 21.7. The van der Waals surface area contributed by atoms with E-state index < -0.39 is 5.54 Å². The highest BCUT2D eigenvalue weighted by Crippen LogP contribution is 2.33.